The van der Waals surface area contributed by atoms with Gasteiger partial charge in [0.15, 0.2) is 0 Å². The Labute approximate surface area is 141 Å². The molecule has 0 atom stereocenters. The third-order valence-corrected chi connectivity index (χ3v) is 3.55. The van der Waals surface area contributed by atoms with E-state index in [0.29, 0.717) is 26.4 Å². The Balaban J connectivity index is 2.26. The summed E-state index contributed by atoms with van der Waals surface area (Å²) in [6, 6.07) is 8.53. The van der Waals surface area contributed by atoms with Gasteiger partial charge in [-0.05, 0) is 49.5 Å². The molecule has 23 heavy (non-hydrogen) atoms. The zero-order chi connectivity index (χ0) is 16.9. The molecule has 1 rings (SSSR count). The molecule has 1 aromatic rings. The lowest BCUT2D eigenvalue weighted by atomic mass is 10.0. The zero-order valence-corrected chi connectivity index (χ0v) is 14.9. The fraction of sp³-hybridized carbons (Fsp3) is 0.500. The van der Waals surface area contributed by atoms with E-state index in [1.54, 1.807) is 6.26 Å². The van der Waals surface area contributed by atoms with Crippen LogP contribution in [0.2, 0.25) is 0 Å². The Morgan fingerprint density at radius 3 is 1.91 bits per heavy atom. The fourth-order valence-corrected chi connectivity index (χ4v) is 1.99. The van der Waals surface area contributed by atoms with Crippen molar-refractivity contribution in [3.05, 3.63) is 47.7 Å². The van der Waals surface area contributed by atoms with E-state index in [4.69, 9.17) is 14.2 Å². The molecule has 0 aliphatic rings. The summed E-state index contributed by atoms with van der Waals surface area (Å²) in [4.78, 5) is 0. The molecule has 0 N–H and O–H groups in total. The number of rotatable bonds is 11. The van der Waals surface area contributed by atoms with Crippen LogP contribution < -0.4 is 0 Å². The summed E-state index contributed by atoms with van der Waals surface area (Å²) in [5.41, 5.74) is 4.82. The molecular formula is C20H30O3. The maximum absolute atomic E-state index is 5.54. The van der Waals surface area contributed by atoms with Gasteiger partial charge in [-0.1, -0.05) is 37.3 Å². The highest BCUT2D eigenvalue weighted by Crippen LogP contribution is 2.18. The molecule has 0 heterocycles. The van der Waals surface area contributed by atoms with Gasteiger partial charge in [-0.15, -0.1) is 0 Å². The van der Waals surface area contributed by atoms with Crippen molar-refractivity contribution in [2.75, 3.05) is 33.0 Å². The Hall–Kier alpha value is -1.58. The molecule has 0 spiro atoms. The van der Waals surface area contributed by atoms with Crippen molar-refractivity contribution in [1.29, 1.82) is 0 Å². The van der Waals surface area contributed by atoms with Crippen molar-refractivity contribution in [3.63, 3.8) is 0 Å². The summed E-state index contributed by atoms with van der Waals surface area (Å²) in [7, 11) is 0. The van der Waals surface area contributed by atoms with Gasteiger partial charge in [0.05, 0.1) is 26.1 Å². The van der Waals surface area contributed by atoms with Crippen LogP contribution in [-0.4, -0.2) is 33.0 Å². The highest BCUT2D eigenvalue weighted by atomic mass is 16.5. The number of ether oxygens (including phenoxy) is 3. The standard InChI is InChI=1S/C20H30O3/c1-5-11-21-12-13-22-14-15-23-16-18(4)20-9-7-19(8-10-20)17(3)6-2/h6-10,16H,5,11-15H2,1-4H3/b17-6+,18-16+. The van der Waals surface area contributed by atoms with E-state index in [1.165, 1.54) is 16.7 Å². The third-order valence-electron chi connectivity index (χ3n) is 3.55. The summed E-state index contributed by atoms with van der Waals surface area (Å²) in [5, 5.41) is 0. The minimum absolute atomic E-state index is 0.556. The minimum Gasteiger partial charge on any atom is -0.498 e. The Morgan fingerprint density at radius 1 is 0.826 bits per heavy atom. The van der Waals surface area contributed by atoms with Crippen LogP contribution in [0.1, 0.15) is 45.2 Å². The van der Waals surface area contributed by atoms with Gasteiger partial charge in [0.1, 0.15) is 6.61 Å². The SMILES string of the molecule is C/C=C(\C)c1ccc(/C(C)=C/OCCOCCOCCC)cc1. The third kappa shape index (κ3) is 8.00. The average molecular weight is 318 g/mol. The summed E-state index contributed by atoms with van der Waals surface area (Å²) < 4.78 is 16.3. The molecular weight excluding hydrogens is 288 g/mol. The van der Waals surface area contributed by atoms with Crippen molar-refractivity contribution in [2.24, 2.45) is 0 Å². The van der Waals surface area contributed by atoms with Crippen LogP contribution in [0.25, 0.3) is 11.1 Å². The highest BCUT2D eigenvalue weighted by Gasteiger charge is 1.98. The number of hydrogen-bond acceptors (Lipinski definition) is 3. The lowest BCUT2D eigenvalue weighted by molar-refractivity contribution is 0.0309. The Bertz CT molecular complexity index is 486. The summed E-state index contributed by atoms with van der Waals surface area (Å²) in [6.45, 7) is 11.5. The van der Waals surface area contributed by atoms with E-state index >= 15 is 0 Å². The summed E-state index contributed by atoms with van der Waals surface area (Å²) >= 11 is 0. The second-order valence-corrected chi connectivity index (χ2v) is 5.45. The molecule has 3 heteroatoms. The second-order valence-electron chi connectivity index (χ2n) is 5.45. The van der Waals surface area contributed by atoms with E-state index in [0.717, 1.165) is 18.6 Å². The smallest absolute Gasteiger partial charge is 0.111 e. The number of hydrogen-bond donors (Lipinski definition) is 0. The molecule has 0 saturated carbocycles. The fourth-order valence-electron chi connectivity index (χ4n) is 1.99. The largest absolute Gasteiger partial charge is 0.498 e. The lowest BCUT2D eigenvalue weighted by Crippen LogP contribution is -2.08. The highest BCUT2D eigenvalue weighted by molar-refractivity contribution is 5.68. The molecule has 0 fully saturated rings. The van der Waals surface area contributed by atoms with Crippen LogP contribution in [0.3, 0.4) is 0 Å². The zero-order valence-electron chi connectivity index (χ0n) is 14.9. The van der Waals surface area contributed by atoms with Gasteiger partial charge in [-0.2, -0.15) is 0 Å². The summed E-state index contributed by atoms with van der Waals surface area (Å²) in [6.07, 6.45) is 4.96. The van der Waals surface area contributed by atoms with E-state index in [-0.39, 0.29) is 0 Å². The maximum Gasteiger partial charge on any atom is 0.111 e. The van der Waals surface area contributed by atoms with E-state index in [1.807, 2.05) is 0 Å². The van der Waals surface area contributed by atoms with E-state index in [9.17, 15) is 0 Å². The molecule has 1 aromatic carbocycles. The normalized spacial score (nSPS) is 12.5. The van der Waals surface area contributed by atoms with Gasteiger partial charge >= 0.3 is 0 Å². The first-order valence-corrected chi connectivity index (χ1v) is 8.36. The quantitative estimate of drug-likeness (QED) is 0.428. The van der Waals surface area contributed by atoms with E-state index < -0.39 is 0 Å². The second kappa shape index (κ2) is 11.9. The molecule has 0 bridgehead atoms. The van der Waals surface area contributed by atoms with Crippen LogP contribution in [0, 0.1) is 0 Å². The molecule has 0 aliphatic carbocycles. The predicted molar refractivity (Wildman–Crippen MR) is 97.3 cm³/mol. The topological polar surface area (TPSA) is 27.7 Å². The molecule has 0 radical (unpaired) electrons. The average Bonchev–Trinajstić information content (AvgIpc) is 2.59. The predicted octanol–water partition coefficient (Wildman–Crippen LogP) is 4.93. The minimum atomic E-state index is 0.556. The molecule has 0 aliphatic heterocycles. The van der Waals surface area contributed by atoms with Crippen molar-refractivity contribution >= 4 is 11.1 Å². The molecule has 128 valence electrons. The Kier molecular flexibility index (Phi) is 10.1. The molecule has 3 nitrogen and oxygen atoms in total. The van der Waals surface area contributed by atoms with Crippen LogP contribution >= 0.6 is 0 Å². The van der Waals surface area contributed by atoms with Crippen LogP contribution in [-0.2, 0) is 14.2 Å². The van der Waals surface area contributed by atoms with E-state index in [2.05, 4.69) is 58.0 Å². The van der Waals surface area contributed by atoms with Crippen molar-refractivity contribution in [3.8, 4) is 0 Å². The lowest BCUT2D eigenvalue weighted by Gasteiger charge is -2.07. The molecule has 0 amide bonds. The van der Waals surface area contributed by atoms with Gasteiger partial charge in [0, 0.05) is 6.61 Å². The number of benzene rings is 1. The first-order valence-electron chi connectivity index (χ1n) is 8.36. The van der Waals surface area contributed by atoms with Crippen LogP contribution in [0.15, 0.2) is 36.6 Å². The van der Waals surface area contributed by atoms with Gasteiger partial charge in [-0.25, -0.2) is 0 Å². The monoisotopic (exact) mass is 318 g/mol. The maximum atomic E-state index is 5.54. The Morgan fingerprint density at radius 2 is 1.35 bits per heavy atom. The van der Waals surface area contributed by atoms with Crippen molar-refractivity contribution in [2.45, 2.75) is 34.1 Å². The molecule has 0 unspecified atom stereocenters. The first kappa shape index (κ1) is 19.5. The van der Waals surface area contributed by atoms with Crippen LogP contribution in [0.4, 0.5) is 0 Å². The van der Waals surface area contributed by atoms with Crippen LogP contribution in [0.5, 0.6) is 0 Å². The molecule has 0 saturated heterocycles. The van der Waals surface area contributed by atoms with Gasteiger partial charge in [-0.3, -0.25) is 0 Å². The van der Waals surface area contributed by atoms with Gasteiger partial charge < -0.3 is 14.2 Å². The number of allylic oxidation sites excluding steroid dienone is 3. The molecule has 0 aromatic heterocycles. The first-order chi connectivity index (χ1) is 11.2. The summed E-state index contributed by atoms with van der Waals surface area (Å²) in [5.74, 6) is 0. The van der Waals surface area contributed by atoms with Crippen molar-refractivity contribution < 1.29 is 14.2 Å². The van der Waals surface area contributed by atoms with Crippen molar-refractivity contribution in [1.82, 2.24) is 0 Å². The van der Waals surface area contributed by atoms with Gasteiger partial charge in [0.2, 0.25) is 0 Å². The van der Waals surface area contributed by atoms with Gasteiger partial charge in [0.25, 0.3) is 0 Å².